The van der Waals surface area contributed by atoms with Gasteiger partial charge in [0.1, 0.15) is 5.75 Å². The van der Waals surface area contributed by atoms with Crippen LogP contribution in [-0.2, 0) is 4.74 Å². The van der Waals surface area contributed by atoms with Crippen LogP contribution in [0.4, 0.5) is 5.69 Å². The van der Waals surface area contributed by atoms with E-state index in [9.17, 15) is 0 Å². The summed E-state index contributed by atoms with van der Waals surface area (Å²) in [5, 5.41) is 16.7. The van der Waals surface area contributed by atoms with E-state index in [1.54, 1.807) is 7.11 Å². The molecule has 0 aliphatic carbocycles. The summed E-state index contributed by atoms with van der Waals surface area (Å²) < 4.78 is 11.2. The molecule has 1 unspecified atom stereocenters. The first-order valence-corrected chi connectivity index (χ1v) is 9.17. The summed E-state index contributed by atoms with van der Waals surface area (Å²) in [6.07, 6.45) is 1.37. The number of benzene rings is 2. The van der Waals surface area contributed by atoms with E-state index >= 15 is 0 Å². The third-order valence-corrected chi connectivity index (χ3v) is 4.44. The van der Waals surface area contributed by atoms with Gasteiger partial charge in [0.05, 0.1) is 12.1 Å². The molecule has 0 amide bonds. The van der Waals surface area contributed by atoms with Crippen molar-refractivity contribution in [1.29, 1.82) is 5.41 Å². The molecule has 0 spiro atoms. The first-order chi connectivity index (χ1) is 12.6. The highest BCUT2D eigenvalue weighted by molar-refractivity contribution is 8.02. The van der Waals surface area contributed by atoms with Crippen molar-refractivity contribution in [3.05, 3.63) is 71.3 Å². The van der Waals surface area contributed by atoms with E-state index in [4.69, 9.17) is 14.9 Å². The number of fused-ring (bicyclic) bond motifs is 1. The molecule has 7 heteroatoms. The molecule has 1 aliphatic rings. The number of anilines is 1. The van der Waals surface area contributed by atoms with Crippen LogP contribution in [0.2, 0.25) is 0 Å². The number of ether oxygens (including phenoxy) is 2. The van der Waals surface area contributed by atoms with Gasteiger partial charge >= 0.3 is 0 Å². The van der Waals surface area contributed by atoms with Gasteiger partial charge in [0, 0.05) is 16.8 Å². The molecule has 0 aromatic heterocycles. The predicted molar refractivity (Wildman–Crippen MR) is 107 cm³/mol. The van der Waals surface area contributed by atoms with Crippen molar-refractivity contribution >= 4 is 29.1 Å². The zero-order chi connectivity index (χ0) is 18.5. The Labute approximate surface area is 156 Å². The van der Waals surface area contributed by atoms with E-state index in [1.165, 1.54) is 11.8 Å². The van der Waals surface area contributed by atoms with E-state index in [1.807, 2.05) is 54.8 Å². The summed E-state index contributed by atoms with van der Waals surface area (Å²) >= 11 is 1.45. The Hall–Kier alpha value is -2.93. The zero-order valence-corrected chi connectivity index (χ0v) is 15.4. The number of hydrazone groups is 1. The number of nitrogens with zero attached hydrogens (tertiary/aromatic N) is 1. The van der Waals surface area contributed by atoms with Crippen LogP contribution in [0, 0.1) is 5.41 Å². The zero-order valence-electron chi connectivity index (χ0n) is 14.6. The molecule has 0 saturated carbocycles. The summed E-state index contributed by atoms with van der Waals surface area (Å²) in [7, 11) is 1.62. The molecule has 0 bridgehead atoms. The van der Waals surface area contributed by atoms with Crippen molar-refractivity contribution < 1.29 is 9.47 Å². The number of thioether (sulfide) groups is 1. The summed E-state index contributed by atoms with van der Waals surface area (Å²) in [6, 6.07) is 15.2. The second-order valence-corrected chi connectivity index (χ2v) is 6.39. The maximum absolute atomic E-state index is 8.40. The van der Waals surface area contributed by atoms with Gasteiger partial charge in [0.25, 0.3) is 0 Å². The molecular formula is C19H20N4O2S. The largest absolute Gasteiger partial charge is 0.497 e. The number of hydrogen-bond donors (Lipinski definition) is 3. The van der Waals surface area contributed by atoms with Crippen LogP contribution in [0.1, 0.15) is 17.4 Å². The second kappa shape index (κ2) is 7.97. The Morgan fingerprint density at radius 2 is 2.12 bits per heavy atom. The fraction of sp³-hybridized carbons (Fsp3) is 0.158. The summed E-state index contributed by atoms with van der Waals surface area (Å²) in [6.45, 7) is 3.85. The minimum atomic E-state index is -0.532. The SMILES string of the molecule is C=C(NN=C1C(=N)OC(c2cccc(OC)c2)Nc2ccccc21)SC. The highest BCUT2D eigenvalue weighted by Gasteiger charge is 2.26. The number of hydrogen-bond acceptors (Lipinski definition) is 7. The van der Waals surface area contributed by atoms with E-state index < -0.39 is 6.23 Å². The number of rotatable bonds is 5. The molecule has 0 fully saturated rings. The molecule has 3 rings (SSSR count). The highest BCUT2D eigenvalue weighted by atomic mass is 32.2. The Kier molecular flexibility index (Phi) is 5.48. The molecule has 6 nitrogen and oxygen atoms in total. The van der Waals surface area contributed by atoms with E-state index in [-0.39, 0.29) is 5.90 Å². The fourth-order valence-corrected chi connectivity index (χ4v) is 2.65. The second-order valence-electron chi connectivity index (χ2n) is 5.49. The van der Waals surface area contributed by atoms with Crippen LogP contribution in [0.15, 0.2) is 65.2 Å². The third kappa shape index (κ3) is 3.83. The molecule has 1 aliphatic heterocycles. The van der Waals surface area contributed by atoms with Gasteiger partial charge in [-0.25, -0.2) is 0 Å². The van der Waals surface area contributed by atoms with Gasteiger partial charge < -0.3 is 14.8 Å². The average molecular weight is 368 g/mol. The van der Waals surface area contributed by atoms with Crippen molar-refractivity contribution in [2.24, 2.45) is 5.10 Å². The van der Waals surface area contributed by atoms with Gasteiger partial charge in [0.2, 0.25) is 5.90 Å². The van der Waals surface area contributed by atoms with Crippen LogP contribution in [0.25, 0.3) is 0 Å². The molecule has 134 valence electrons. The highest BCUT2D eigenvalue weighted by Crippen LogP contribution is 2.30. The Morgan fingerprint density at radius 3 is 2.88 bits per heavy atom. The monoisotopic (exact) mass is 368 g/mol. The van der Waals surface area contributed by atoms with Crippen molar-refractivity contribution in [2.45, 2.75) is 6.23 Å². The lowest BCUT2D eigenvalue weighted by Crippen LogP contribution is -2.21. The van der Waals surface area contributed by atoms with Crippen molar-refractivity contribution in [3.63, 3.8) is 0 Å². The van der Waals surface area contributed by atoms with Crippen molar-refractivity contribution in [2.75, 3.05) is 18.7 Å². The molecule has 3 N–H and O–H groups in total. The maximum atomic E-state index is 8.40. The van der Waals surface area contributed by atoms with E-state index in [0.29, 0.717) is 10.7 Å². The molecule has 26 heavy (non-hydrogen) atoms. The molecule has 1 atom stereocenters. The average Bonchev–Trinajstić information content (AvgIpc) is 2.82. The first kappa shape index (κ1) is 17.9. The normalized spacial score (nSPS) is 17.5. The lowest BCUT2D eigenvalue weighted by atomic mass is 10.1. The molecule has 1 heterocycles. The van der Waals surface area contributed by atoms with Crippen LogP contribution < -0.4 is 15.5 Å². The Morgan fingerprint density at radius 1 is 1.31 bits per heavy atom. The maximum Gasteiger partial charge on any atom is 0.237 e. The molecule has 0 saturated heterocycles. The number of para-hydroxylation sites is 1. The number of nitrogens with one attached hydrogen (secondary N) is 3. The minimum absolute atomic E-state index is 0.0309. The van der Waals surface area contributed by atoms with Crippen LogP contribution >= 0.6 is 11.8 Å². The molecule has 2 aromatic rings. The summed E-state index contributed by atoms with van der Waals surface area (Å²) in [4.78, 5) is 0. The van der Waals surface area contributed by atoms with Gasteiger partial charge in [-0.2, -0.15) is 5.10 Å². The summed E-state index contributed by atoms with van der Waals surface area (Å²) in [5.41, 5.74) is 5.74. The lowest BCUT2D eigenvalue weighted by molar-refractivity contribution is 0.225. The third-order valence-electron chi connectivity index (χ3n) is 3.85. The summed E-state index contributed by atoms with van der Waals surface area (Å²) in [5.74, 6) is 0.695. The fourth-order valence-electron chi connectivity index (χ4n) is 2.51. The van der Waals surface area contributed by atoms with E-state index in [0.717, 1.165) is 22.6 Å². The van der Waals surface area contributed by atoms with Gasteiger partial charge in [0.15, 0.2) is 11.9 Å². The quantitative estimate of drug-likeness (QED) is 0.697. The van der Waals surface area contributed by atoms with Crippen molar-refractivity contribution in [3.8, 4) is 5.75 Å². The molecule has 2 aromatic carbocycles. The molecular weight excluding hydrogens is 348 g/mol. The van der Waals surface area contributed by atoms with E-state index in [2.05, 4.69) is 22.4 Å². The Bertz CT molecular complexity index is 866. The van der Waals surface area contributed by atoms with Crippen LogP contribution in [0.5, 0.6) is 5.75 Å². The minimum Gasteiger partial charge on any atom is -0.497 e. The number of methoxy groups -OCH3 is 1. The van der Waals surface area contributed by atoms with Gasteiger partial charge in [-0.1, -0.05) is 36.9 Å². The Balaban J connectivity index is 1.99. The van der Waals surface area contributed by atoms with Gasteiger partial charge in [-0.15, -0.1) is 11.8 Å². The van der Waals surface area contributed by atoms with Gasteiger partial charge in [-0.05, 0) is 24.5 Å². The van der Waals surface area contributed by atoms with Crippen LogP contribution in [-0.4, -0.2) is 25.0 Å². The van der Waals surface area contributed by atoms with Crippen molar-refractivity contribution in [1.82, 2.24) is 5.43 Å². The van der Waals surface area contributed by atoms with Crippen LogP contribution in [0.3, 0.4) is 0 Å². The first-order valence-electron chi connectivity index (χ1n) is 7.94. The van der Waals surface area contributed by atoms with Gasteiger partial charge in [-0.3, -0.25) is 10.8 Å². The standard InChI is InChI=1S/C19H20N4O2S/c1-12(26-3)22-23-17-15-9-4-5-10-16(15)21-19(25-18(17)20)13-7-6-8-14(11-13)24-2/h4-11,19-22H,1H2,2-3H3. The topological polar surface area (TPSA) is 78.7 Å². The predicted octanol–water partition coefficient (Wildman–Crippen LogP) is 3.94. The lowest BCUT2D eigenvalue weighted by Gasteiger charge is -2.19. The molecule has 0 radical (unpaired) electrons. The smallest absolute Gasteiger partial charge is 0.237 e.